The molecule has 5 heteroatoms. The summed E-state index contributed by atoms with van der Waals surface area (Å²) in [6, 6.07) is 4.84. The molecule has 0 saturated carbocycles. The molecule has 1 aliphatic rings. The molecule has 1 aromatic rings. The summed E-state index contributed by atoms with van der Waals surface area (Å²) >= 11 is 0. The standard InChI is InChI=1S/C12H16FN3O/c1-15-6-3-7-16(11(17)8-14)12-9(13)4-2-5-10(12)15/h2,4-5H,3,6-8,14H2,1H3. The molecule has 0 aromatic heterocycles. The zero-order valence-corrected chi connectivity index (χ0v) is 9.82. The van der Waals surface area contributed by atoms with Crippen LogP contribution in [0.25, 0.3) is 0 Å². The summed E-state index contributed by atoms with van der Waals surface area (Å²) in [6.07, 6.45) is 0.802. The molecule has 0 unspecified atom stereocenters. The van der Waals surface area contributed by atoms with Crippen molar-refractivity contribution < 1.29 is 9.18 Å². The molecular weight excluding hydrogens is 221 g/mol. The van der Waals surface area contributed by atoms with E-state index in [4.69, 9.17) is 5.73 Å². The van der Waals surface area contributed by atoms with Gasteiger partial charge in [0.1, 0.15) is 11.5 Å². The fourth-order valence-electron chi connectivity index (χ4n) is 2.14. The van der Waals surface area contributed by atoms with Crippen LogP contribution in [0.4, 0.5) is 15.8 Å². The Hall–Kier alpha value is -1.62. The van der Waals surface area contributed by atoms with Gasteiger partial charge in [-0.25, -0.2) is 4.39 Å². The monoisotopic (exact) mass is 237 g/mol. The molecule has 1 aliphatic heterocycles. The molecule has 1 aromatic carbocycles. The van der Waals surface area contributed by atoms with Crippen LogP contribution in [0.15, 0.2) is 18.2 Å². The van der Waals surface area contributed by atoms with Gasteiger partial charge < -0.3 is 15.5 Å². The highest BCUT2D eigenvalue weighted by atomic mass is 19.1. The lowest BCUT2D eigenvalue weighted by molar-refractivity contribution is -0.117. The molecule has 0 saturated heterocycles. The van der Waals surface area contributed by atoms with Gasteiger partial charge in [0.25, 0.3) is 0 Å². The summed E-state index contributed by atoms with van der Waals surface area (Å²) in [5.74, 6) is -0.621. The highest BCUT2D eigenvalue weighted by Gasteiger charge is 2.25. The number of hydrogen-bond donors (Lipinski definition) is 1. The van der Waals surface area contributed by atoms with Gasteiger partial charge in [-0.1, -0.05) is 6.07 Å². The zero-order chi connectivity index (χ0) is 12.4. The van der Waals surface area contributed by atoms with Crippen molar-refractivity contribution in [1.29, 1.82) is 0 Å². The summed E-state index contributed by atoms with van der Waals surface area (Å²) in [4.78, 5) is 15.2. The second-order valence-electron chi connectivity index (χ2n) is 4.13. The van der Waals surface area contributed by atoms with Crippen LogP contribution in [0, 0.1) is 5.82 Å². The van der Waals surface area contributed by atoms with Crippen LogP contribution in [-0.4, -0.2) is 32.6 Å². The van der Waals surface area contributed by atoms with E-state index in [1.54, 1.807) is 6.07 Å². The van der Waals surface area contributed by atoms with E-state index in [2.05, 4.69) is 0 Å². The Morgan fingerprint density at radius 1 is 1.47 bits per heavy atom. The van der Waals surface area contributed by atoms with Crippen molar-refractivity contribution in [2.75, 3.05) is 36.5 Å². The number of fused-ring (bicyclic) bond motifs is 1. The van der Waals surface area contributed by atoms with E-state index >= 15 is 0 Å². The van der Waals surface area contributed by atoms with Gasteiger partial charge >= 0.3 is 0 Å². The lowest BCUT2D eigenvalue weighted by atomic mass is 10.2. The highest BCUT2D eigenvalue weighted by molar-refractivity contribution is 5.98. The van der Waals surface area contributed by atoms with E-state index < -0.39 is 0 Å². The van der Waals surface area contributed by atoms with Gasteiger partial charge in [0.2, 0.25) is 5.91 Å². The molecule has 17 heavy (non-hydrogen) atoms. The Balaban J connectivity index is 2.52. The van der Waals surface area contributed by atoms with E-state index in [0.29, 0.717) is 12.2 Å². The van der Waals surface area contributed by atoms with E-state index in [9.17, 15) is 9.18 Å². The number of rotatable bonds is 1. The molecule has 0 aliphatic carbocycles. The lowest BCUT2D eigenvalue weighted by Gasteiger charge is -2.24. The topological polar surface area (TPSA) is 49.6 Å². The third-order valence-electron chi connectivity index (χ3n) is 3.00. The third-order valence-corrected chi connectivity index (χ3v) is 3.00. The first-order valence-electron chi connectivity index (χ1n) is 5.65. The first-order valence-corrected chi connectivity index (χ1v) is 5.65. The molecule has 2 N–H and O–H groups in total. The average molecular weight is 237 g/mol. The van der Waals surface area contributed by atoms with Gasteiger partial charge in [-0.05, 0) is 18.6 Å². The SMILES string of the molecule is CN1CCCN(C(=O)CN)c2c(F)cccc21. The second kappa shape index (κ2) is 4.71. The van der Waals surface area contributed by atoms with Crippen LogP contribution < -0.4 is 15.5 Å². The van der Waals surface area contributed by atoms with Gasteiger partial charge in [0, 0.05) is 20.1 Å². The van der Waals surface area contributed by atoms with Crippen LogP contribution in [0.2, 0.25) is 0 Å². The summed E-state index contributed by atoms with van der Waals surface area (Å²) in [5.41, 5.74) is 6.46. The number of carbonyl (C=O) groups excluding carboxylic acids is 1. The number of hydrogen-bond acceptors (Lipinski definition) is 3. The average Bonchev–Trinajstić information content (AvgIpc) is 2.50. The normalized spacial score (nSPS) is 15.5. The summed E-state index contributed by atoms with van der Waals surface area (Å²) in [7, 11) is 1.90. The van der Waals surface area contributed by atoms with Crippen LogP contribution in [0.5, 0.6) is 0 Å². The van der Waals surface area contributed by atoms with E-state index in [-0.39, 0.29) is 18.3 Å². The predicted octanol–water partition coefficient (Wildman–Crippen LogP) is 0.957. The maximum Gasteiger partial charge on any atom is 0.240 e. The van der Waals surface area contributed by atoms with Crippen molar-refractivity contribution in [3.63, 3.8) is 0 Å². The highest BCUT2D eigenvalue weighted by Crippen LogP contribution is 2.33. The number of halogens is 1. The molecule has 0 fully saturated rings. The van der Waals surface area contributed by atoms with Crippen LogP contribution in [0.3, 0.4) is 0 Å². The van der Waals surface area contributed by atoms with E-state index in [0.717, 1.165) is 18.7 Å². The molecule has 0 radical (unpaired) electrons. The van der Waals surface area contributed by atoms with Crippen molar-refractivity contribution in [3.8, 4) is 0 Å². The maximum atomic E-state index is 13.9. The summed E-state index contributed by atoms with van der Waals surface area (Å²) in [6.45, 7) is 1.20. The fraction of sp³-hybridized carbons (Fsp3) is 0.417. The van der Waals surface area contributed by atoms with Gasteiger partial charge in [0.05, 0.1) is 12.2 Å². The Bertz CT molecular complexity index is 436. The van der Waals surface area contributed by atoms with Crippen molar-refractivity contribution >= 4 is 17.3 Å². The minimum Gasteiger partial charge on any atom is -0.373 e. The first-order chi connectivity index (χ1) is 8.15. The van der Waals surface area contributed by atoms with Crippen molar-refractivity contribution in [1.82, 2.24) is 0 Å². The van der Waals surface area contributed by atoms with E-state index in [1.807, 2.05) is 18.0 Å². The minimum atomic E-state index is -0.377. The van der Waals surface area contributed by atoms with Gasteiger partial charge in [-0.2, -0.15) is 0 Å². The molecule has 92 valence electrons. The molecule has 4 nitrogen and oxygen atoms in total. The Labute approximate surface area is 99.8 Å². The van der Waals surface area contributed by atoms with Gasteiger partial charge in [-0.15, -0.1) is 0 Å². The molecule has 2 rings (SSSR count). The number of nitrogens with two attached hydrogens (primary N) is 1. The molecule has 1 heterocycles. The predicted molar refractivity (Wildman–Crippen MR) is 65.7 cm³/mol. The number of anilines is 2. The van der Waals surface area contributed by atoms with Crippen molar-refractivity contribution in [2.24, 2.45) is 5.73 Å². The van der Waals surface area contributed by atoms with Gasteiger partial charge in [-0.3, -0.25) is 4.79 Å². The number of para-hydroxylation sites is 1. The molecule has 1 amide bonds. The van der Waals surface area contributed by atoms with E-state index in [1.165, 1.54) is 11.0 Å². The van der Waals surface area contributed by atoms with Crippen molar-refractivity contribution in [2.45, 2.75) is 6.42 Å². The smallest absolute Gasteiger partial charge is 0.240 e. The number of amides is 1. The molecule has 0 spiro atoms. The fourth-order valence-corrected chi connectivity index (χ4v) is 2.14. The minimum absolute atomic E-state index is 0.0997. The second-order valence-corrected chi connectivity index (χ2v) is 4.13. The van der Waals surface area contributed by atoms with Crippen LogP contribution in [0.1, 0.15) is 6.42 Å². The summed E-state index contributed by atoms with van der Waals surface area (Å²) < 4.78 is 13.9. The number of benzene rings is 1. The Morgan fingerprint density at radius 3 is 2.94 bits per heavy atom. The largest absolute Gasteiger partial charge is 0.373 e. The Morgan fingerprint density at radius 2 is 2.24 bits per heavy atom. The van der Waals surface area contributed by atoms with Crippen molar-refractivity contribution in [3.05, 3.63) is 24.0 Å². The number of carbonyl (C=O) groups is 1. The van der Waals surface area contributed by atoms with Gasteiger partial charge in [0.15, 0.2) is 0 Å². The third kappa shape index (κ3) is 2.10. The first kappa shape index (κ1) is 11.9. The summed E-state index contributed by atoms with van der Waals surface area (Å²) in [5, 5.41) is 0. The maximum absolute atomic E-state index is 13.9. The molecule has 0 bridgehead atoms. The molecule has 0 atom stereocenters. The Kier molecular flexibility index (Phi) is 3.28. The number of nitrogens with zero attached hydrogens (tertiary/aromatic N) is 2. The lowest BCUT2D eigenvalue weighted by Crippen LogP contribution is -2.37. The van der Waals surface area contributed by atoms with Crippen LogP contribution in [-0.2, 0) is 4.79 Å². The zero-order valence-electron chi connectivity index (χ0n) is 9.82. The molecular formula is C12H16FN3O. The quantitative estimate of drug-likeness (QED) is 0.791. The van der Waals surface area contributed by atoms with Crippen LogP contribution >= 0.6 is 0 Å².